The van der Waals surface area contributed by atoms with Gasteiger partial charge in [-0.15, -0.1) is 0 Å². The zero-order valence-corrected chi connectivity index (χ0v) is 10.2. The van der Waals surface area contributed by atoms with Crippen LogP contribution >= 0.6 is 15.9 Å². The number of hydrogen-bond donors (Lipinski definition) is 1. The number of benzene rings is 1. The van der Waals surface area contributed by atoms with Crippen LogP contribution in [0.25, 0.3) is 11.0 Å². The highest BCUT2D eigenvalue weighted by molar-refractivity contribution is 9.10. The van der Waals surface area contributed by atoms with Crippen molar-refractivity contribution in [3.8, 4) is 0 Å². The minimum atomic E-state index is -0.270. The van der Waals surface area contributed by atoms with E-state index in [4.69, 9.17) is 5.73 Å². The second kappa shape index (κ2) is 3.53. The van der Waals surface area contributed by atoms with E-state index in [2.05, 4.69) is 25.5 Å². The van der Waals surface area contributed by atoms with Crippen molar-refractivity contribution in [2.45, 2.75) is 18.9 Å². The number of nitrogens with two attached hydrogens (primary N) is 1. The fourth-order valence-corrected chi connectivity index (χ4v) is 2.65. The predicted molar refractivity (Wildman–Crippen MR) is 63.8 cm³/mol. The van der Waals surface area contributed by atoms with Crippen LogP contribution in [0.3, 0.4) is 0 Å². The first-order chi connectivity index (χ1) is 7.70. The van der Waals surface area contributed by atoms with Gasteiger partial charge in [0.15, 0.2) is 0 Å². The molecule has 1 aromatic carbocycles. The van der Waals surface area contributed by atoms with Crippen molar-refractivity contribution in [3.05, 3.63) is 28.2 Å². The van der Waals surface area contributed by atoms with E-state index in [0.717, 1.165) is 24.3 Å². The summed E-state index contributed by atoms with van der Waals surface area (Å²) < 4.78 is 16.0. The Morgan fingerprint density at radius 3 is 3.12 bits per heavy atom. The van der Waals surface area contributed by atoms with Crippen LogP contribution in [0.15, 0.2) is 16.6 Å². The molecular weight excluding hydrogens is 273 g/mol. The minimum Gasteiger partial charge on any atom is -0.330 e. The van der Waals surface area contributed by atoms with Gasteiger partial charge in [0.25, 0.3) is 0 Å². The fourth-order valence-electron chi connectivity index (χ4n) is 2.32. The van der Waals surface area contributed by atoms with Gasteiger partial charge in [-0.25, -0.2) is 9.37 Å². The van der Waals surface area contributed by atoms with Crippen LogP contribution in [0.2, 0.25) is 0 Å². The molecule has 1 aliphatic rings. The summed E-state index contributed by atoms with van der Waals surface area (Å²) >= 11 is 3.20. The van der Waals surface area contributed by atoms with Crippen LogP contribution in [0, 0.1) is 5.82 Å². The first-order valence-corrected chi connectivity index (χ1v) is 6.05. The third kappa shape index (κ3) is 1.31. The maximum atomic E-state index is 13.4. The summed E-state index contributed by atoms with van der Waals surface area (Å²) in [5.74, 6) is 1.04. The third-order valence-corrected chi connectivity index (χ3v) is 3.78. The van der Waals surface area contributed by atoms with Crippen LogP contribution in [-0.2, 0) is 6.54 Å². The minimum absolute atomic E-state index is 0.270. The molecule has 0 bridgehead atoms. The Labute approximate surface area is 101 Å². The Bertz CT molecular complexity index is 564. The summed E-state index contributed by atoms with van der Waals surface area (Å²) in [6.07, 6.45) is 1.03. The third-order valence-electron chi connectivity index (χ3n) is 3.17. The molecule has 3 rings (SSSR count). The standard InChI is InChI=1S/C11H11BrFN3/c12-7-3-10-9(4-8(7)13)15-11-6(5-14)1-2-16(10)11/h3-4,6H,1-2,5,14H2/t6-/m1/s1. The number of hydrogen-bond acceptors (Lipinski definition) is 2. The second-order valence-corrected chi connectivity index (χ2v) is 4.95. The molecule has 1 aliphatic heterocycles. The Balaban J connectivity index is 2.27. The molecule has 1 aromatic heterocycles. The number of fused-ring (bicyclic) bond motifs is 3. The second-order valence-electron chi connectivity index (χ2n) is 4.10. The van der Waals surface area contributed by atoms with Gasteiger partial charge in [0.2, 0.25) is 0 Å². The molecule has 0 radical (unpaired) electrons. The average molecular weight is 284 g/mol. The molecule has 2 N–H and O–H groups in total. The quantitative estimate of drug-likeness (QED) is 0.873. The lowest BCUT2D eigenvalue weighted by atomic mass is 10.1. The highest BCUT2D eigenvalue weighted by Crippen LogP contribution is 2.32. The summed E-state index contributed by atoms with van der Waals surface area (Å²) in [6.45, 7) is 1.53. The zero-order valence-electron chi connectivity index (χ0n) is 8.58. The van der Waals surface area contributed by atoms with Crippen molar-refractivity contribution in [1.82, 2.24) is 9.55 Å². The normalized spacial score (nSPS) is 19.3. The average Bonchev–Trinajstić information content (AvgIpc) is 2.78. The van der Waals surface area contributed by atoms with E-state index < -0.39 is 0 Å². The van der Waals surface area contributed by atoms with E-state index in [1.807, 2.05) is 0 Å². The van der Waals surface area contributed by atoms with E-state index in [1.54, 1.807) is 6.07 Å². The van der Waals surface area contributed by atoms with Crippen molar-refractivity contribution >= 4 is 27.0 Å². The highest BCUT2D eigenvalue weighted by atomic mass is 79.9. The lowest BCUT2D eigenvalue weighted by Crippen LogP contribution is -2.10. The van der Waals surface area contributed by atoms with E-state index >= 15 is 0 Å². The van der Waals surface area contributed by atoms with E-state index in [1.165, 1.54) is 6.07 Å². The first-order valence-electron chi connectivity index (χ1n) is 5.26. The van der Waals surface area contributed by atoms with Crippen molar-refractivity contribution in [3.63, 3.8) is 0 Å². The summed E-state index contributed by atoms with van der Waals surface area (Å²) in [5, 5.41) is 0. The molecule has 0 unspecified atom stereocenters. The summed E-state index contributed by atoms with van der Waals surface area (Å²) in [5.41, 5.74) is 7.40. The smallest absolute Gasteiger partial charge is 0.139 e. The molecule has 1 atom stereocenters. The van der Waals surface area contributed by atoms with Gasteiger partial charge in [0, 0.05) is 25.1 Å². The monoisotopic (exact) mass is 283 g/mol. The molecule has 84 valence electrons. The van der Waals surface area contributed by atoms with Crippen molar-refractivity contribution in [2.75, 3.05) is 6.54 Å². The molecule has 2 aromatic rings. The molecule has 0 saturated heterocycles. The largest absolute Gasteiger partial charge is 0.330 e. The molecule has 0 fully saturated rings. The molecule has 3 nitrogen and oxygen atoms in total. The summed E-state index contributed by atoms with van der Waals surface area (Å²) in [4.78, 5) is 4.47. The van der Waals surface area contributed by atoms with Crippen LogP contribution in [0.5, 0.6) is 0 Å². The van der Waals surface area contributed by atoms with Crippen molar-refractivity contribution in [2.24, 2.45) is 5.73 Å². The van der Waals surface area contributed by atoms with Crippen molar-refractivity contribution in [1.29, 1.82) is 0 Å². The van der Waals surface area contributed by atoms with Crippen molar-refractivity contribution < 1.29 is 4.39 Å². The van der Waals surface area contributed by atoms with Crippen LogP contribution in [0.4, 0.5) is 4.39 Å². The number of aryl methyl sites for hydroxylation is 1. The summed E-state index contributed by atoms with van der Waals surface area (Å²) in [7, 11) is 0. The van der Waals surface area contributed by atoms with Gasteiger partial charge in [-0.05, 0) is 28.4 Å². The number of imidazole rings is 1. The van der Waals surface area contributed by atoms with Crippen LogP contribution in [0.1, 0.15) is 18.2 Å². The predicted octanol–water partition coefficient (Wildman–Crippen LogP) is 2.38. The Hall–Kier alpha value is -0.940. The molecular formula is C11H11BrFN3. The van der Waals surface area contributed by atoms with E-state index in [0.29, 0.717) is 22.5 Å². The molecule has 5 heteroatoms. The van der Waals surface area contributed by atoms with Gasteiger partial charge in [-0.3, -0.25) is 0 Å². The molecule has 0 amide bonds. The van der Waals surface area contributed by atoms with Gasteiger partial charge >= 0.3 is 0 Å². The van der Waals surface area contributed by atoms with Crippen LogP contribution < -0.4 is 5.73 Å². The van der Waals surface area contributed by atoms with Gasteiger partial charge < -0.3 is 10.3 Å². The maximum Gasteiger partial charge on any atom is 0.139 e. The zero-order chi connectivity index (χ0) is 11.3. The van der Waals surface area contributed by atoms with Crippen LogP contribution in [-0.4, -0.2) is 16.1 Å². The van der Waals surface area contributed by atoms with E-state index in [9.17, 15) is 4.39 Å². The molecule has 0 saturated carbocycles. The van der Waals surface area contributed by atoms with E-state index in [-0.39, 0.29) is 5.82 Å². The number of rotatable bonds is 1. The lowest BCUT2D eigenvalue weighted by molar-refractivity contribution is 0.622. The molecule has 2 heterocycles. The van der Waals surface area contributed by atoms with Gasteiger partial charge in [-0.2, -0.15) is 0 Å². The highest BCUT2D eigenvalue weighted by Gasteiger charge is 2.25. The fraction of sp³-hybridized carbons (Fsp3) is 0.364. The molecule has 16 heavy (non-hydrogen) atoms. The topological polar surface area (TPSA) is 43.8 Å². The Morgan fingerprint density at radius 1 is 1.56 bits per heavy atom. The van der Waals surface area contributed by atoms with Gasteiger partial charge in [0.1, 0.15) is 11.6 Å². The number of nitrogens with zero attached hydrogens (tertiary/aromatic N) is 2. The van der Waals surface area contributed by atoms with Gasteiger partial charge in [-0.1, -0.05) is 0 Å². The molecule has 0 aliphatic carbocycles. The first kappa shape index (κ1) is 10.2. The summed E-state index contributed by atoms with van der Waals surface area (Å²) in [6, 6.07) is 3.26. The maximum absolute atomic E-state index is 13.4. The lowest BCUT2D eigenvalue weighted by Gasteiger charge is -2.01. The Kier molecular flexibility index (Phi) is 2.26. The number of aromatic nitrogens is 2. The Morgan fingerprint density at radius 2 is 2.38 bits per heavy atom. The number of halogens is 2. The molecule has 0 spiro atoms. The SMILES string of the molecule is NC[C@H]1CCn2c1nc1cc(F)c(Br)cc12. The van der Waals surface area contributed by atoms with Gasteiger partial charge in [0.05, 0.1) is 15.5 Å².